The first-order chi connectivity index (χ1) is 30.7. The summed E-state index contributed by atoms with van der Waals surface area (Å²) in [7, 11) is 0. The molecule has 2 aliphatic carbocycles. The predicted octanol–water partition coefficient (Wildman–Crippen LogP) is 17.2. The summed E-state index contributed by atoms with van der Waals surface area (Å²) in [5.74, 6) is 0. The van der Waals surface area contributed by atoms with Crippen LogP contribution in [0.3, 0.4) is 0 Å². The fraction of sp³-hybridized carbons (Fsp3) is 0.115. The predicted molar refractivity (Wildman–Crippen MR) is 264 cm³/mol. The van der Waals surface area contributed by atoms with Gasteiger partial charge in [0.25, 0.3) is 0 Å². The second kappa shape index (κ2) is 14.8. The van der Waals surface area contributed by atoms with E-state index in [1.54, 1.807) is 0 Å². The first-order valence-electron chi connectivity index (χ1n) is 22.4. The van der Waals surface area contributed by atoms with E-state index >= 15 is 0 Å². The van der Waals surface area contributed by atoms with Gasteiger partial charge < -0.3 is 4.90 Å². The maximum Gasteiger partial charge on any atom is 0.0468 e. The molecule has 1 saturated carbocycles. The second-order valence-electron chi connectivity index (χ2n) is 17.6. The molecule has 0 saturated heterocycles. The van der Waals surface area contributed by atoms with Crippen molar-refractivity contribution < 1.29 is 0 Å². The standard InChI is InChI=1S/C61H47N/c1-41-28-30-45(31-29-41)62(47-32-34-50-49-25-14-15-27-56(49)61(57(50)39-47)36-16-5-17-37-61)46-33-35-52-55(38-46)48-24-12-13-26-51(48)59-54(43-20-8-3-9-21-43)40-53(42-18-6-2-7-19-42)58(60(52)59)44-22-10-4-11-23-44/h2-4,6-15,18-35,38-40H,5,16-17,36-37H2,1H3. The van der Waals surface area contributed by atoms with Gasteiger partial charge in [0.1, 0.15) is 0 Å². The molecule has 1 heteroatoms. The van der Waals surface area contributed by atoms with Gasteiger partial charge in [-0.1, -0.05) is 189 Å². The summed E-state index contributed by atoms with van der Waals surface area (Å²) in [6.45, 7) is 2.18. The van der Waals surface area contributed by atoms with Gasteiger partial charge in [0.2, 0.25) is 0 Å². The minimum Gasteiger partial charge on any atom is -0.310 e. The molecule has 10 aromatic carbocycles. The van der Waals surface area contributed by atoms with Gasteiger partial charge in [0.05, 0.1) is 0 Å². The van der Waals surface area contributed by atoms with E-state index in [-0.39, 0.29) is 5.41 Å². The van der Waals surface area contributed by atoms with Crippen LogP contribution in [0.15, 0.2) is 206 Å². The lowest BCUT2D eigenvalue weighted by molar-refractivity contribution is 0.353. The van der Waals surface area contributed by atoms with E-state index in [1.807, 2.05) is 0 Å². The molecule has 10 aromatic rings. The average Bonchev–Trinajstić information content (AvgIpc) is 3.60. The topological polar surface area (TPSA) is 3.24 Å². The van der Waals surface area contributed by atoms with Gasteiger partial charge in [-0.25, -0.2) is 0 Å². The molecule has 0 amide bonds. The number of fused-ring (bicyclic) bond motifs is 11. The highest BCUT2D eigenvalue weighted by Crippen LogP contribution is 2.57. The molecule has 2 aliphatic rings. The third kappa shape index (κ3) is 5.76. The Kier molecular flexibility index (Phi) is 8.71. The van der Waals surface area contributed by atoms with Gasteiger partial charge in [0, 0.05) is 22.5 Å². The summed E-state index contributed by atoms with van der Waals surface area (Å²) < 4.78 is 0. The number of benzene rings is 10. The summed E-state index contributed by atoms with van der Waals surface area (Å²) in [5.41, 5.74) is 18.1. The number of rotatable bonds is 6. The van der Waals surface area contributed by atoms with Crippen molar-refractivity contribution in [1.29, 1.82) is 0 Å². The SMILES string of the molecule is Cc1ccc(N(c2ccc3c(c2)C2(CCCCC2)c2ccccc2-3)c2ccc3c(c2)c2ccccc2c2c(-c4ccccc4)cc(-c4ccccc4)c(-c4ccccc4)c32)cc1. The number of nitrogens with zero attached hydrogens (tertiary/aromatic N) is 1. The number of aryl methyl sites for hydroxylation is 1. The molecule has 0 heterocycles. The molecule has 0 unspecified atom stereocenters. The molecule has 1 fully saturated rings. The molecule has 1 nitrogen and oxygen atoms in total. The Morgan fingerprint density at radius 3 is 1.63 bits per heavy atom. The maximum absolute atomic E-state index is 2.55. The van der Waals surface area contributed by atoms with Crippen LogP contribution in [-0.4, -0.2) is 0 Å². The monoisotopic (exact) mass is 793 g/mol. The van der Waals surface area contributed by atoms with Crippen molar-refractivity contribution in [3.8, 4) is 44.5 Å². The Balaban J connectivity index is 1.17. The summed E-state index contributed by atoms with van der Waals surface area (Å²) in [6.07, 6.45) is 6.28. The average molecular weight is 794 g/mol. The largest absolute Gasteiger partial charge is 0.310 e. The molecular weight excluding hydrogens is 747 g/mol. The van der Waals surface area contributed by atoms with E-state index in [1.165, 1.54) is 131 Å². The lowest BCUT2D eigenvalue weighted by Gasteiger charge is -2.36. The first kappa shape index (κ1) is 36.6. The van der Waals surface area contributed by atoms with E-state index in [2.05, 4.69) is 218 Å². The highest BCUT2D eigenvalue weighted by molar-refractivity contribution is 6.33. The Labute approximate surface area is 364 Å². The first-order valence-corrected chi connectivity index (χ1v) is 22.4. The third-order valence-electron chi connectivity index (χ3n) is 14.1. The van der Waals surface area contributed by atoms with Gasteiger partial charge in [-0.2, -0.15) is 0 Å². The Morgan fingerprint density at radius 2 is 0.903 bits per heavy atom. The van der Waals surface area contributed by atoms with E-state index < -0.39 is 0 Å². The van der Waals surface area contributed by atoms with Gasteiger partial charge in [0.15, 0.2) is 0 Å². The van der Waals surface area contributed by atoms with E-state index in [0.29, 0.717) is 0 Å². The zero-order chi connectivity index (χ0) is 41.2. The van der Waals surface area contributed by atoms with Gasteiger partial charge in [-0.3, -0.25) is 0 Å². The fourth-order valence-electron chi connectivity index (χ4n) is 11.3. The second-order valence-corrected chi connectivity index (χ2v) is 17.6. The van der Waals surface area contributed by atoms with Crippen LogP contribution < -0.4 is 4.90 Å². The van der Waals surface area contributed by atoms with Crippen molar-refractivity contribution in [2.75, 3.05) is 4.90 Å². The smallest absolute Gasteiger partial charge is 0.0468 e. The zero-order valence-electron chi connectivity index (χ0n) is 35.1. The van der Waals surface area contributed by atoms with Crippen LogP contribution in [0, 0.1) is 6.92 Å². The highest BCUT2D eigenvalue weighted by atomic mass is 15.1. The van der Waals surface area contributed by atoms with Crippen molar-refractivity contribution >= 4 is 49.4 Å². The van der Waals surface area contributed by atoms with Crippen molar-refractivity contribution in [3.63, 3.8) is 0 Å². The van der Waals surface area contributed by atoms with Crippen molar-refractivity contribution in [2.24, 2.45) is 0 Å². The highest BCUT2D eigenvalue weighted by Gasteiger charge is 2.44. The summed E-state index contributed by atoms with van der Waals surface area (Å²) >= 11 is 0. The molecule has 12 rings (SSSR count). The maximum atomic E-state index is 2.55. The van der Waals surface area contributed by atoms with Crippen LogP contribution in [0.4, 0.5) is 17.1 Å². The van der Waals surface area contributed by atoms with Crippen LogP contribution >= 0.6 is 0 Å². The Morgan fingerprint density at radius 1 is 0.355 bits per heavy atom. The Hall–Kier alpha value is -7.22. The van der Waals surface area contributed by atoms with E-state index in [0.717, 1.165) is 11.4 Å². The van der Waals surface area contributed by atoms with E-state index in [9.17, 15) is 0 Å². The van der Waals surface area contributed by atoms with Crippen LogP contribution in [-0.2, 0) is 5.41 Å². The van der Waals surface area contributed by atoms with Crippen LogP contribution in [0.25, 0.3) is 76.8 Å². The summed E-state index contributed by atoms with van der Waals surface area (Å²) in [4.78, 5) is 2.51. The van der Waals surface area contributed by atoms with Gasteiger partial charge >= 0.3 is 0 Å². The third-order valence-corrected chi connectivity index (χ3v) is 14.1. The molecule has 1 spiro atoms. The summed E-state index contributed by atoms with van der Waals surface area (Å²) in [5, 5.41) is 7.60. The molecule has 0 aromatic heterocycles. The quantitative estimate of drug-likeness (QED) is 0.152. The van der Waals surface area contributed by atoms with Crippen LogP contribution in [0.5, 0.6) is 0 Å². The zero-order valence-corrected chi connectivity index (χ0v) is 35.1. The molecule has 296 valence electrons. The molecule has 0 aliphatic heterocycles. The molecule has 62 heavy (non-hydrogen) atoms. The number of hydrogen-bond donors (Lipinski definition) is 0. The van der Waals surface area contributed by atoms with Crippen molar-refractivity contribution in [1.82, 2.24) is 0 Å². The number of anilines is 3. The fourth-order valence-corrected chi connectivity index (χ4v) is 11.3. The lowest BCUT2D eigenvalue weighted by Crippen LogP contribution is -2.28. The van der Waals surface area contributed by atoms with Crippen molar-refractivity contribution in [2.45, 2.75) is 44.4 Å². The van der Waals surface area contributed by atoms with Crippen LogP contribution in [0.1, 0.15) is 48.8 Å². The molecular formula is C61H47N. The Bertz CT molecular complexity index is 3300. The van der Waals surface area contributed by atoms with E-state index in [4.69, 9.17) is 0 Å². The minimum absolute atomic E-state index is 0.0679. The van der Waals surface area contributed by atoms with Crippen LogP contribution in [0.2, 0.25) is 0 Å². The normalized spacial score (nSPS) is 14.0. The molecule has 0 N–H and O–H groups in total. The van der Waals surface area contributed by atoms with Gasteiger partial charge in [-0.15, -0.1) is 0 Å². The number of hydrogen-bond acceptors (Lipinski definition) is 1. The molecule has 0 bridgehead atoms. The van der Waals surface area contributed by atoms with Gasteiger partial charge in [-0.05, 0) is 150 Å². The lowest BCUT2D eigenvalue weighted by atomic mass is 9.68. The molecule has 0 radical (unpaired) electrons. The summed E-state index contributed by atoms with van der Waals surface area (Å²) in [6, 6.07) is 77.4. The minimum atomic E-state index is 0.0679. The molecule has 0 atom stereocenters. The van der Waals surface area contributed by atoms with Crippen molar-refractivity contribution in [3.05, 3.63) is 223 Å².